The molecule has 2 aliphatic heterocycles. The summed E-state index contributed by atoms with van der Waals surface area (Å²) in [6.07, 6.45) is -1.63. The average molecular weight is 565 g/mol. The number of nitrogens with one attached hydrogen (secondary N) is 4. The van der Waals surface area contributed by atoms with E-state index in [1.165, 1.54) is 35.4 Å². The first-order valence-corrected chi connectivity index (χ1v) is 12.8. The van der Waals surface area contributed by atoms with Crippen LogP contribution in [-0.2, 0) is 19.1 Å². The number of aromatic amines is 2. The fourth-order valence-electron chi connectivity index (χ4n) is 4.70. The number of H-pyrrole nitrogens is 2. The molecular weight excluding hydrogens is 532 g/mol. The molecule has 16 heteroatoms. The Morgan fingerprint density at radius 1 is 0.900 bits per heavy atom. The van der Waals surface area contributed by atoms with Crippen LogP contribution in [0.15, 0.2) is 31.6 Å². The molecule has 218 valence electrons. The maximum absolute atomic E-state index is 12.5. The second-order valence-electron chi connectivity index (χ2n) is 9.92. The first kappa shape index (κ1) is 29.1. The molecule has 6 N–H and O–H groups in total. The molecule has 2 saturated heterocycles. The lowest BCUT2D eigenvalue weighted by Gasteiger charge is -2.18. The van der Waals surface area contributed by atoms with Crippen molar-refractivity contribution in [2.24, 2.45) is 0 Å². The second-order valence-corrected chi connectivity index (χ2v) is 9.92. The topological polar surface area (TPSA) is 227 Å². The van der Waals surface area contributed by atoms with Gasteiger partial charge in [-0.15, -0.1) is 0 Å². The normalized spacial score (nSPS) is 26.1. The zero-order valence-corrected chi connectivity index (χ0v) is 21.9. The lowest BCUT2D eigenvalue weighted by atomic mass is 10.1. The monoisotopic (exact) mass is 564 g/mol. The van der Waals surface area contributed by atoms with E-state index in [9.17, 15) is 39.0 Å². The second kappa shape index (κ2) is 12.1. The number of aliphatic hydroxyl groups excluding tert-OH is 2. The molecular formula is C24H32N6O10. The third kappa shape index (κ3) is 6.47. The summed E-state index contributed by atoms with van der Waals surface area (Å²) in [5, 5.41) is 25.3. The number of ether oxygens (including phenoxy) is 2. The van der Waals surface area contributed by atoms with E-state index < -0.39 is 77.7 Å². The number of amides is 2. The van der Waals surface area contributed by atoms with Crippen LogP contribution in [0, 0.1) is 13.8 Å². The zero-order valence-electron chi connectivity index (χ0n) is 21.9. The van der Waals surface area contributed by atoms with E-state index in [2.05, 4.69) is 20.6 Å². The lowest BCUT2D eigenvalue weighted by molar-refractivity contribution is -0.127. The van der Waals surface area contributed by atoms with Crippen LogP contribution < -0.4 is 33.1 Å². The Labute approximate surface area is 225 Å². The van der Waals surface area contributed by atoms with Crippen molar-refractivity contribution >= 4 is 11.8 Å². The van der Waals surface area contributed by atoms with Gasteiger partial charge in [-0.25, -0.2) is 9.59 Å². The first-order chi connectivity index (χ1) is 19.0. The standard InChI is InChI=1S/C24H32N6O10/c1-11-8-29(23(37)27-21(11)35)19-5-13(16(10-31)40-19)26-18(34)4-3-17(33)25-7-15-14(32)6-20(39-15)30-9-12(2)22(36)28-24(30)38/h8-9,13-16,19-20,31-32H,3-7,10H2,1-2H3,(H,25,33)(H,26,34)(H,27,35,37)(H,28,36,38)/t13-,14-,15+,16+,19+,20+/m0/s1. The van der Waals surface area contributed by atoms with Crippen LogP contribution in [0.25, 0.3) is 0 Å². The minimum atomic E-state index is -0.975. The molecule has 0 unspecified atom stereocenters. The Hall–Kier alpha value is -3.86. The van der Waals surface area contributed by atoms with Gasteiger partial charge in [0, 0.05) is 55.7 Å². The summed E-state index contributed by atoms with van der Waals surface area (Å²) in [6.45, 7) is 2.58. The van der Waals surface area contributed by atoms with Gasteiger partial charge in [0.15, 0.2) is 0 Å². The fourth-order valence-corrected chi connectivity index (χ4v) is 4.70. The predicted octanol–water partition coefficient (Wildman–Crippen LogP) is -2.99. The van der Waals surface area contributed by atoms with Crippen LogP contribution in [-0.4, -0.2) is 78.6 Å². The van der Waals surface area contributed by atoms with Gasteiger partial charge in [0.2, 0.25) is 11.8 Å². The lowest BCUT2D eigenvalue weighted by Crippen LogP contribution is -2.42. The summed E-state index contributed by atoms with van der Waals surface area (Å²) in [6, 6.07) is -0.636. The summed E-state index contributed by atoms with van der Waals surface area (Å²) in [5.74, 6) is -0.946. The summed E-state index contributed by atoms with van der Waals surface area (Å²) in [5.41, 5.74) is -1.78. The van der Waals surface area contributed by atoms with E-state index >= 15 is 0 Å². The molecule has 2 aromatic rings. The quantitative estimate of drug-likeness (QED) is 0.181. The fraction of sp³-hybridized carbons (Fsp3) is 0.583. The number of aliphatic hydroxyl groups is 2. The highest BCUT2D eigenvalue weighted by Crippen LogP contribution is 2.28. The Morgan fingerprint density at radius 3 is 2.00 bits per heavy atom. The Balaban J connectivity index is 1.24. The largest absolute Gasteiger partial charge is 0.394 e. The van der Waals surface area contributed by atoms with Crippen LogP contribution in [0.5, 0.6) is 0 Å². The molecule has 2 aliphatic rings. The van der Waals surface area contributed by atoms with Crippen LogP contribution in [0.1, 0.15) is 49.3 Å². The zero-order chi connectivity index (χ0) is 29.1. The van der Waals surface area contributed by atoms with Crippen molar-refractivity contribution < 1.29 is 29.3 Å². The molecule has 0 spiro atoms. The van der Waals surface area contributed by atoms with Crippen molar-refractivity contribution in [3.05, 3.63) is 65.2 Å². The molecule has 0 bridgehead atoms. The molecule has 6 atom stereocenters. The Kier molecular flexibility index (Phi) is 8.82. The van der Waals surface area contributed by atoms with Gasteiger partial charge in [-0.2, -0.15) is 0 Å². The molecule has 4 rings (SSSR count). The molecule has 0 aromatic carbocycles. The van der Waals surface area contributed by atoms with E-state index in [-0.39, 0.29) is 32.2 Å². The number of aryl methyl sites for hydroxylation is 2. The highest BCUT2D eigenvalue weighted by Gasteiger charge is 2.38. The highest BCUT2D eigenvalue weighted by atomic mass is 16.5. The maximum atomic E-state index is 12.5. The molecule has 16 nitrogen and oxygen atoms in total. The minimum Gasteiger partial charge on any atom is -0.394 e. The van der Waals surface area contributed by atoms with Crippen molar-refractivity contribution in [2.75, 3.05) is 13.2 Å². The molecule has 0 aliphatic carbocycles. The van der Waals surface area contributed by atoms with E-state index in [0.717, 1.165) is 0 Å². The minimum absolute atomic E-state index is 0.0622. The van der Waals surface area contributed by atoms with Gasteiger partial charge < -0.3 is 30.3 Å². The molecule has 2 amide bonds. The van der Waals surface area contributed by atoms with Crippen LogP contribution in [0.3, 0.4) is 0 Å². The molecule has 0 saturated carbocycles. The predicted molar refractivity (Wildman–Crippen MR) is 136 cm³/mol. The van der Waals surface area contributed by atoms with Gasteiger partial charge in [-0.1, -0.05) is 0 Å². The molecule has 2 fully saturated rings. The van der Waals surface area contributed by atoms with Crippen molar-refractivity contribution in [1.82, 2.24) is 29.7 Å². The number of hydrogen-bond acceptors (Lipinski definition) is 10. The number of nitrogens with zero attached hydrogens (tertiary/aromatic N) is 2. The molecule has 2 aromatic heterocycles. The van der Waals surface area contributed by atoms with Gasteiger partial charge in [0.1, 0.15) is 24.7 Å². The van der Waals surface area contributed by atoms with Crippen LogP contribution >= 0.6 is 0 Å². The average Bonchev–Trinajstić information content (AvgIpc) is 3.48. The van der Waals surface area contributed by atoms with Crippen molar-refractivity contribution in [3.8, 4) is 0 Å². The molecule has 40 heavy (non-hydrogen) atoms. The summed E-state index contributed by atoms with van der Waals surface area (Å²) >= 11 is 0. The SMILES string of the molecule is Cc1cn([C@H]2C[C@H](NC(=O)CCC(=O)NC[C@H]3O[C@@H](n4cc(C)c(=O)[nH]c4=O)C[C@@H]3O)[C@@H](CO)O2)c(=O)[nH]c1=O. The number of rotatable bonds is 9. The molecule has 0 radical (unpaired) electrons. The third-order valence-corrected chi connectivity index (χ3v) is 6.96. The number of carbonyl (C=O) groups is 2. The van der Waals surface area contributed by atoms with Gasteiger partial charge in [-0.3, -0.25) is 38.3 Å². The van der Waals surface area contributed by atoms with Gasteiger partial charge in [0.25, 0.3) is 11.1 Å². The van der Waals surface area contributed by atoms with E-state index in [4.69, 9.17) is 9.47 Å². The van der Waals surface area contributed by atoms with Gasteiger partial charge in [0.05, 0.1) is 18.8 Å². The summed E-state index contributed by atoms with van der Waals surface area (Å²) in [4.78, 5) is 76.7. The Bertz CT molecular complexity index is 1490. The van der Waals surface area contributed by atoms with Crippen LogP contribution in [0.2, 0.25) is 0 Å². The van der Waals surface area contributed by atoms with Crippen molar-refractivity contribution in [1.29, 1.82) is 0 Å². The highest BCUT2D eigenvalue weighted by molar-refractivity contribution is 5.83. The van der Waals surface area contributed by atoms with Gasteiger partial charge >= 0.3 is 11.4 Å². The number of hydrogen-bond donors (Lipinski definition) is 6. The Morgan fingerprint density at radius 2 is 1.43 bits per heavy atom. The smallest absolute Gasteiger partial charge is 0.330 e. The summed E-state index contributed by atoms with van der Waals surface area (Å²) in [7, 11) is 0. The van der Waals surface area contributed by atoms with E-state index in [1.807, 2.05) is 0 Å². The molecule has 4 heterocycles. The van der Waals surface area contributed by atoms with Gasteiger partial charge in [-0.05, 0) is 13.8 Å². The van der Waals surface area contributed by atoms with Crippen LogP contribution in [0.4, 0.5) is 0 Å². The first-order valence-electron chi connectivity index (χ1n) is 12.8. The van der Waals surface area contributed by atoms with Crippen molar-refractivity contribution in [2.45, 2.75) is 76.3 Å². The summed E-state index contributed by atoms with van der Waals surface area (Å²) < 4.78 is 13.8. The number of aromatic nitrogens is 4. The van der Waals surface area contributed by atoms with Crippen molar-refractivity contribution in [3.63, 3.8) is 0 Å². The van der Waals surface area contributed by atoms with E-state index in [1.54, 1.807) is 0 Å². The number of carbonyl (C=O) groups excluding carboxylic acids is 2. The van der Waals surface area contributed by atoms with E-state index in [0.29, 0.717) is 11.1 Å². The third-order valence-electron chi connectivity index (χ3n) is 6.96. The maximum Gasteiger partial charge on any atom is 0.330 e.